The third-order valence-corrected chi connectivity index (χ3v) is 8.09. The lowest BCUT2D eigenvalue weighted by molar-refractivity contribution is -0.137. The quantitative estimate of drug-likeness (QED) is 0.347. The first kappa shape index (κ1) is 25.1. The standard InChI is InChI=1S/C26H21Cl2F3N2O2S/c27-17-4-7-19(21(28)13-17)24-20-9-11-36-22(20)8-10-32(24)23(34)14-33(18-5-6-18)25(35)15-2-1-3-16(12-15)26(29,30)31/h1-4,7,9,11-13,18,24H,5-6,8,10,14H2. The molecule has 1 fully saturated rings. The van der Waals surface area contributed by atoms with E-state index >= 15 is 0 Å². The Morgan fingerprint density at radius 2 is 1.83 bits per heavy atom. The monoisotopic (exact) mass is 552 g/mol. The zero-order chi connectivity index (χ0) is 25.6. The number of carbonyl (C=O) groups excluding carboxylic acids is 2. The van der Waals surface area contributed by atoms with Crippen molar-refractivity contribution < 1.29 is 22.8 Å². The molecule has 1 saturated carbocycles. The maximum absolute atomic E-state index is 13.7. The Bertz CT molecular complexity index is 1320. The van der Waals surface area contributed by atoms with Gasteiger partial charge in [-0.2, -0.15) is 13.2 Å². The van der Waals surface area contributed by atoms with Crippen LogP contribution in [-0.2, 0) is 17.4 Å². The minimum absolute atomic E-state index is 0.0828. The van der Waals surface area contributed by atoms with Gasteiger partial charge in [-0.1, -0.05) is 35.3 Å². The van der Waals surface area contributed by atoms with Gasteiger partial charge in [0, 0.05) is 33.1 Å². The number of nitrogens with zero attached hydrogens (tertiary/aromatic N) is 2. The van der Waals surface area contributed by atoms with Crippen LogP contribution in [0.1, 0.15) is 50.8 Å². The summed E-state index contributed by atoms with van der Waals surface area (Å²) in [6.45, 7) is 0.215. The lowest BCUT2D eigenvalue weighted by atomic mass is 9.93. The van der Waals surface area contributed by atoms with Crippen molar-refractivity contribution in [1.29, 1.82) is 0 Å². The van der Waals surface area contributed by atoms with Gasteiger partial charge in [0.25, 0.3) is 5.91 Å². The number of hydrogen-bond donors (Lipinski definition) is 0. The summed E-state index contributed by atoms with van der Waals surface area (Å²) in [5, 5.41) is 2.89. The average molecular weight is 553 g/mol. The molecular weight excluding hydrogens is 532 g/mol. The number of carbonyl (C=O) groups is 2. The van der Waals surface area contributed by atoms with Gasteiger partial charge in [0.15, 0.2) is 0 Å². The highest BCUT2D eigenvalue weighted by Gasteiger charge is 2.39. The number of halogens is 5. The van der Waals surface area contributed by atoms with Gasteiger partial charge >= 0.3 is 6.18 Å². The number of hydrogen-bond acceptors (Lipinski definition) is 3. The Labute approximate surface area is 220 Å². The van der Waals surface area contributed by atoms with Crippen molar-refractivity contribution in [1.82, 2.24) is 9.80 Å². The molecule has 0 bridgehead atoms. The number of alkyl halides is 3. The molecule has 4 nitrogen and oxygen atoms in total. The molecule has 2 heterocycles. The van der Waals surface area contributed by atoms with E-state index in [0.29, 0.717) is 35.9 Å². The molecule has 0 radical (unpaired) electrons. The number of amides is 2. The summed E-state index contributed by atoms with van der Waals surface area (Å²) in [5.74, 6) is -0.860. The van der Waals surface area contributed by atoms with Crippen LogP contribution in [0.15, 0.2) is 53.9 Å². The third kappa shape index (κ3) is 4.99. The second-order valence-corrected chi connectivity index (χ2v) is 10.8. The topological polar surface area (TPSA) is 40.6 Å². The van der Waals surface area contributed by atoms with E-state index in [1.54, 1.807) is 34.4 Å². The van der Waals surface area contributed by atoms with Crippen LogP contribution in [0.3, 0.4) is 0 Å². The molecule has 1 atom stereocenters. The lowest BCUT2D eigenvalue weighted by Crippen LogP contribution is -2.47. The molecule has 2 amide bonds. The van der Waals surface area contributed by atoms with Gasteiger partial charge in [0.05, 0.1) is 11.6 Å². The van der Waals surface area contributed by atoms with Crippen LogP contribution >= 0.6 is 34.5 Å². The normalized spacial score (nSPS) is 17.6. The van der Waals surface area contributed by atoms with Crippen molar-refractivity contribution in [2.75, 3.05) is 13.1 Å². The minimum atomic E-state index is -4.56. The molecule has 188 valence electrons. The zero-order valence-electron chi connectivity index (χ0n) is 18.9. The van der Waals surface area contributed by atoms with Crippen molar-refractivity contribution in [3.63, 3.8) is 0 Å². The van der Waals surface area contributed by atoms with Crippen molar-refractivity contribution >= 4 is 46.4 Å². The van der Waals surface area contributed by atoms with Crippen LogP contribution in [0.2, 0.25) is 10.0 Å². The van der Waals surface area contributed by atoms with Crippen LogP contribution in [0.4, 0.5) is 13.2 Å². The first-order valence-corrected chi connectivity index (χ1v) is 13.1. The van der Waals surface area contributed by atoms with Gasteiger partial charge in [0.1, 0.15) is 6.54 Å². The average Bonchev–Trinajstić information content (AvgIpc) is 3.57. The largest absolute Gasteiger partial charge is 0.416 e. The highest BCUT2D eigenvalue weighted by Crippen LogP contribution is 2.41. The van der Waals surface area contributed by atoms with E-state index in [1.807, 2.05) is 11.4 Å². The maximum atomic E-state index is 13.7. The van der Waals surface area contributed by atoms with E-state index in [0.717, 1.165) is 28.1 Å². The summed E-state index contributed by atoms with van der Waals surface area (Å²) in [5.41, 5.74) is 0.733. The highest BCUT2D eigenvalue weighted by atomic mass is 35.5. The van der Waals surface area contributed by atoms with Crippen molar-refractivity contribution in [2.45, 2.75) is 37.5 Å². The van der Waals surface area contributed by atoms with E-state index in [1.165, 1.54) is 17.0 Å². The van der Waals surface area contributed by atoms with Crippen molar-refractivity contribution in [3.8, 4) is 0 Å². The van der Waals surface area contributed by atoms with Crippen LogP contribution in [0.25, 0.3) is 0 Å². The molecule has 0 N–H and O–H groups in total. The predicted molar refractivity (Wildman–Crippen MR) is 134 cm³/mol. The fourth-order valence-corrected chi connectivity index (χ4v) is 6.04. The number of thiophene rings is 1. The molecule has 2 aliphatic rings. The molecule has 3 aromatic rings. The Balaban J connectivity index is 1.44. The van der Waals surface area contributed by atoms with Crippen LogP contribution in [0, 0.1) is 0 Å². The Morgan fingerprint density at radius 3 is 2.53 bits per heavy atom. The smallest absolute Gasteiger partial charge is 0.330 e. The van der Waals surface area contributed by atoms with Gasteiger partial charge < -0.3 is 9.80 Å². The summed E-state index contributed by atoms with van der Waals surface area (Å²) < 4.78 is 39.6. The van der Waals surface area contributed by atoms with E-state index < -0.39 is 23.7 Å². The highest BCUT2D eigenvalue weighted by molar-refractivity contribution is 7.10. The first-order chi connectivity index (χ1) is 17.1. The molecule has 1 aliphatic heterocycles. The van der Waals surface area contributed by atoms with Gasteiger partial charge in [0.2, 0.25) is 5.91 Å². The molecule has 5 rings (SSSR count). The fourth-order valence-electron chi connectivity index (χ4n) is 4.63. The van der Waals surface area contributed by atoms with Gasteiger partial charge in [-0.15, -0.1) is 11.3 Å². The first-order valence-electron chi connectivity index (χ1n) is 11.4. The van der Waals surface area contributed by atoms with Crippen molar-refractivity contribution in [2.24, 2.45) is 0 Å². The van der Waals surface area contributed by atoms with Crippen LogP contribution in [0.5, 0.6) is 0 Å². The molecule has 1 aromatic heterocycles. The molecule has 0 spiro atoms. The Morgan fingerprint density at radius 1 is 1.06 bits per heavy atom. The molecule has 10 heteroatoms. The Hall–Kier alpha value is -2.55. The van der Waals surface area contributed by atoms with Gasteiger partial charge in [-0.3, -0.25) is 9.59 Å². The van der Waals surface area contributed by atoms with Gasteiger partial charge in [-0.05, 0) is 72.2 Å². The maximum Gasteiger partial charge on any atom is 0.416 e. The number of rotatable bonds is 5. The molecule has 2 aromatic carbocycles. The van der Waals surface area contributed by atoms with Gasteiger partial charge in [-0.25, -0.2) is 0 Å². The van der Waals surface area contributed by atoms with Crippen molar-refractivity contribution in [3.05, 3.63) is 91.1 Å². The molecule has 1 aliphatic carbocycles. The molecule has 1 unspecified atom stereocenters. The van der Waals surface area contributed by atoms with E-state index in [4.69, 9.17) is 23.2 Å². The predicted octanol–water partition coefficient (Wildman–Crippen LogP) is 6.85. The summed E-state index contributed by atoms with van der Waals surface area (Å²) in [6.07, 6.45) is -2.47. The fraction of sp³-hybridized carbons (Fsp3) is 0.308. The third-order valence-electron chi connectivity index (χ3n) is 6.53. The summed E-state index contributed by atoms with van der Waals surface area (Å²) in [6, 6.07) is 10.9. The molecule has 0 saturated heterocycles. The van der Waals surface area contributed by atoms with E-state index in [-0.39, 0.29) is 24.1 Å². The van der Waals surface area contributed by atoms with Crippen LogP contribution in [-0.4, -0.2) is 40.7 Å². The lowest BCUT2D eigenvalue weighted by Gasteiger charge is -2.38. The molecule has 36 heavy (non-hydrogen) atoms. The Kier molecular flexibility index (Phi) is 6.78. The van der Waals surface area contributed by atoms with E-state index in [9.17, 15) is 22.8 Å². The molecular formula is C26H21Cl2F3N2O2S. The summed E-state index contributed by atoms with van der Waals surface area (Å²) in [4.78, 5) is 31.2. The minimum Gasteiger partial charge on any atom is -0.330 e. The van der Waals surface area contributed by atoms with Crippen LogP contribution < -0.4 is 0 Å². The van der Waals surface area contributed by atoms with E-state index in [2.05, 4.69) is 0 Å². The SMILES string of the molecule is O=C(c1cccc(C(F)(F)F)c1)N(CC(=O)N1CCc2sccc2C1c1ccc(Cl)cc1Cl)C1CC1. The summed E-state index contributed by atoms with van der Waals surface area (Å²) >= 11 is 14.3. The summed E-state index contributed by atoms with van der Waals surface area (Å²) in [7, 11) is 0. The second kappa shape index (κ2) is 9.72. The zero-order valence-corrected chi connectivity index (χ0v) is 21.2. The number of fused-ring (bicyclic) bond motifs is 1. The number of benzene rings is 2. The second-order valence-electron chi connectivity index (χ2n) is 8.95.